The normalized spacial score (nSPS) is 14.9. The van der Waals surface area contributed by atoms with Gasteiger partial charge in [-0.1, -0.05) is 29.8 Å². The van der Waals surface area contributed by atoms with Crippen LogP contribution in [0.2, 0.25) is 5.02 Å². The number of carbonyl (C=O) groups is 1. The molecule has 0 spiro atoms. The van der Waals surface area contributed by atoms with E-state index in [2.05, 4.69) is 10.0 Å². The van der Waals surface area contributed by atoms with Gasteiger partial charge in [-0.15, -0.1) is 0 Å². The van der Waals surface area contributed by atoms with Gasteiger partial charge in [0.05, 0.1) is 10.9 Å². The lowest BCUT2D eigenvalue weighted by Crippen LogP contribution is -2.32. The van der Waals surface area contributed by atoms with Crippen LogP contribution in [0, 0.1) is 0 Å². The van der Waals surface area contributed by atoms with Gasteiger partial charge in [-0.05, 0) is 73.6 Å². The molecule has 1 aliphatic carbocycles. The largest absolute Gasteiger partial charge is 0.350 e. The quantitative estimate of drug-likeness (QED) is 0.716. The number of sulfonamides is 1. The molecule has 5 nitrogen and oxygen atoms in total. The van der Waals surface area contributed by atoms with Gasteiger partial charge in [0, 0.05) is 18.0 Å². The fraction of sp³-hybridized carbons (Fsp3) is 0.381. The molecule has 0 aromatic heterocycles. The summed E-state index contributed by atoms with van der Waals surface area (Å²) < 4.78 is 27.6. The van der Waals surface area contributed by atoms with Crippen molar-refractivity contribution < 1.29 is 13.2 Å². The van der Waals surface area contributed by atoms with Crippen molar-refractivity contribution in [2.24, 2.45) is 0 Å². The topological polar surface area (TPSA) is 75.3 Å². The molecule has 2 aromatic carbocycles. The van der Waals surface area contributed by atoms with Crippen LogP contribution in [0.1, 0.15) is 48.9 Å². The zero-order valence-electron chi connectivity index (χ0n) is 15.9. The number of amides is 1. The monoisotopic (exact) mass is 420 g/mol. The van der Waals surface area contributed by atoms with E-state index in [1.807, 2.05) is 25.1 Å². The second-order valence-electron chi connectivity index (χ2n) is 7.13. The maximum atomic E-state index is 12.5. The van der Waals surface area contributed by atoms with Crippen molar-refractivity contribution in [3.63, 3.8) is 0 Å². The second-order valence-corrected chi connectivity index (χ2v) is 9.33. The first-order valence-corrected chi connectivity index (χ1v) is 11.4. The van der Waals surface area contributed by atoms with Gasteiger partial charge in [0.2, 0.25) is 15.9 Å². The van der Waals surface area contributed by atoms with Gasteiger partial charge in [-0.25, -0.2) is 13.1 Å². The third kappa shape index (κ3) is 5.34. The van der Waals surface area contributed by atoms with E-state index >= 15 is 0 Å². The van der Waals surface area contributed by atoms with Crippen molar-refractivity contribution in [2.45, 2.75) is 50.0 Å². The fourth-order valence-electron chi connectivity index (χ4n) is 3.43. The van der Waals surface area contributed by atoms with Crippen LogP contribution in [0.15, 0.2) is 47.4 Å². The Bertz CT molecular complexity index is 960. The molecule has 0 aliphatic heterocycles. The molecular weight excluding hydrogens is 396 g/mol. The standard InChI is InChI=1S/C21H25ClN2O3S/c1-15(17-7-4-8-19(22)13-17)24-21(25)11-12-23-28(26,27)20-10-9-16-5-2-3-6-18(16)14-20/h4,7-10,13-15,23H,2-3,5-6,11-12H2,1H3,(H,24,25). The molecule has 7 heteroatoms. The Kier molecular flexibility index (Phi) is 6.75. The molecule has 3 rings (SSSR count). The lowest BCUT2D eigenvalue weighted by atomic mass is 9.92. The van der Waals surface area contributed by atoms with E-state index < -0.39 is 10.0 Å². The Hall–Kier alpha value is -1.89. The highest BCUT2D eigenvalue weighted by Gasteiger charge is 2.18. The van der Waals surface area contributed by atoms with E-state index in [1.54, 1.807) is 24.3 Å². The Morgan fingerprint density at radius 2 is 1.86 bits per heavy atom. The number of hydrogen-bond acceptors (Lipinski definition) is 3. The summed E-state index contributed by atoms with van der Waals surface area (Å²) in [6, 6.07) is 12.4. The highest BCUT2D eigenvalue weighted by Crippen LogP contribution is 2.24. The number of hydrogen-bond donors (Lipinski definition) is 2. The molecule has 1 amide bonds. The maximum Gasteiger partial charge on any atom is 0.240 e. The van der Waals surface area contributed by atoms with Crippen LogP contribution in [-0.2, 0) is 27.7 Å². The lowest BCUT2D eigenvalue weighted by molar-refractivity contribution is -0.121. The van der Waals surface area contributed by atoms with Crippen LogP contribution in [0.5, 0.6) is 0 Å². The summed E-state index contributed by atoms with van der Waals surface area (Å²) in [5.74, 6) is -0.222. The molecule has 1 atom stereocenters. The maximum absolute atomic E-state index is 12.5. The van der Waals surface area contributed by atoms with Crippen molar-refractivity contribution in [3.8, 4) is 0 Å². The number of nitrogens with one attached hydrogen (secondary N) is 2. The Balaban J connectivity index is 1.53. The number of halogens is 1. The van der Waals surface area contributed by atoms with Crippen LogP contribution in [0.25, 0.3) is 0 Å². The summed E-state index contributed by atoms with van der Waals surface area (Å²) >= 11 is 5.97. The van der Waals surface area contributed by atoms with Crippen LogP contribution in [-0.4, -0.2) is 20.9 Å². The number of fused-ring (bicyclic) bond motifs is 1. The van der Waals surface area contributed by atoms with Crippen molar-refractivity contribution in [1.29, 1.82) is 0 Å². The van der Waals surface area contributed by atoms with Crippen molar-refractivity contribution in [3.05, 3.63) is 64.2 Å². The van der Waals surface area contributed by atoms with E-state index in [9.17, 15) is 13.2 Å². The molecule has 0 saturated heterocycles. The average Bonchev–Trinajstić information content (AvgIpc) is 2.67. The predicted molar refractivity (Wildman–Crippen MR) is 111 cm³/mol. The van der Waals surface area contributed by atoms with Gasteiger partial charge < -0.3 is 5.32 Å². The van der Waals surface area contributed by atoms with E-state index in [0.717, 1.165) is 36.8 Å². The van der Waals surface area contributed by atoms with Crippen LogP contribution >= 0.6 is 11.6 Å². The molecule has 0 radical (unpaired) electrons. The number of rotatable bonds is 7. The molecule has 1 unspecified atom stereocenters. The lowest BCUT2D eigenvalue weighted by Gasteiger charge is -2.17. The molecule has 0 saturated carbocycles. The first kappa shape index (κ1) is 20.8. The zero-order chi connectivity index (χ0) is 20.1. The third-order valence-electron chi connectivity index (χ3n) is 5.00. The van der Waals surface area contributed by atoms with Crippen molar-refractivity contribution in [1.82, 2.24) is 10.0 Å². The molecule has 150 valence electrons. The molecular formula is C21H25ClN2O3S. The minimum absolute atomic E-state index is 0.0491. The van der Waals surface area contributed by atoms with Crippen molar-refractivity contribution in [2.75, 3.05) is 6.54 Å². The molecule has 28 heavy (non-hydrogen) atoms. The summed E-state index contributed by atoms with van der Waals surface area (Å²) in [6.45, 7) is 1.91. The first-order chi connectivity index (χ1) is 13.3. The third-order valence-corrected chi connectivity index (χ3v) is 6.69. The SMILES string of the molecule is CC(NC(=O)CCNS(=O)(=O)c1ccc2c(c1)CCCC2)c1cccc(Cl)c1. The summed E-state index contributed by atoms with van der Waals surface area (Å²) in [7, 11) is -3.62. The van der Waals surface area contributed by atoms with Crippen LogP contribution in [0.3, 0.4) is 0 Å². The molecule has 2 aromatic rings. The van der Waals surface area contributed by atoms with Gasteiger partial charge in [-0.2, -0.15) is 0 Å². The predicted octanol–water partition coefficient (Wildman–Crippen LogP) is 3.76. The van der Waals surface area contributed by atoms with Gasteiger partial charge >= 0.3 is 0 Å². The summed E-state index contributed by atoms with van der Waals surface area (Å²) in [5, 5.41) is 3.47. The number of benzene rings is 2. The van der Waals surface area contributed by atoms with E-state index in [4.69, 9.17) is 11.6 Å². The second kappa shape index (κ2) is 9.07. The fourth-order valence-corrected chi connectivity index (χ4v) is 4.71. The van der Waals surface area contributed by atoms with Gasteiger partial charge in [0.1, 0.15) is 0 Å². The molecule has 2 N–H and O–H groups in total. The Morgan fingerprint density at radius 1 is 1.11 bits per heavy atom. The van der Waals surface area contributed by atoms with Crippen LogP contribution < -0.4 is 10.0 Å². The summed E-state index contributed by atoms with van der Waals surface area (Å²) in [4.78, 5) is 12.4. The zero-order valence-corrected chi connectivity index (χ0v) is 17.4. The first-order valence-electron chi connectivity index (χ1n) is 9.51. The van der Waals surface area contributed by atoms with Crippen molar-refractivity contribution >= 4 is 27.5 Å². The molecule has 0 bridgehead atoms. The molecule has 1 aliphatic rings. The highest BCUT2D eigenvalue weighted by molar-refractivity contribution is 7.89. The van der Waals surface area contributed by atoms with Gasteiger partial charge in [0.15, 0.2) is 0 Å². The minimum Gasteiger partial charge on any atom is -0.350 e. The molecule has 0 fully saturated rings. The molecule has 0 heterocycles. The summed E-state index contributed by atoms with van der Waals surface area (Å²) in [6.07, 6.45) is 4.24. The minimum atomic E-state index is -3.62. The number of aryl methyl sites for hydroxylation is 2. The average molecular weight is 421 g/mol. The summed E-state index contributed by atoms with van der Waals surface area (Å²) in [5.41, 5.74) is 3.25. The Morgan fingerprint density at radius 3 is 2.61 bits per heavy atom. The smallest absolute Gasteiger partial charge is 0.240 e. The van der Waals surface area contributed by atoms with Crippen LogP contribution in [0.4, 0.5) is 0 Å². The van der Waals surface area contributed by atoms with E-state index in [1.165, 1.54) is 5.56 Å². The highest BCUT2D eigenvalue weighted by atomic mass is 35.5. The van der Waals surface area contributed by atoms with Gasteiger partial charge in [-0.3, -0.25) is 4.79 Å². The van der Waals surface area contributed by atoms with E-state index in [0.29, 0.717) is 5.02 Å². The van der Waals surface area contributed by atoms with Gasteiger partial charge in [0.25, 0.3) is 0 Å². The number of carbonyl (C=O) groups excluding carboxylic acids is 1. The Labute approximate surface area is 171 Å². The van der Waals surface area contributed by atoms with E-state index in [-0.39, 0.29) is 29.8 Å².